The van der Waals surface area contributed by atoms with Gasteiger partial charge in [-0.3, -0.25) is 4.99 Å². The van der Waals surface area contributed by atoms with Crippen LogP contribution in [-0.4, -0.2) is 30.9 Å². The van der Waals surface area contributed by atoms with Crippen LogP contribution < -0.4 is 5.32 Å². The summed E-state index contributed by atoms with van der Waals surface area (Å²) in [6.07, 6.45) is 0. The first kappa shape index (κ1) is 14.0. The number of aliphatic imine (C=N–C) groups is 1. The van der Waals surface area contributed by atoms with E-state index in [0.717, 1.165) is 0 Å². The van der Waals surface area contributed by atoms with Crippen LogP contribution in [0.15, 0.2) is 4.99 Å². The maximum atomic E-state index is 4.73. The van der Waals surface area contributed by atoms with Crippen molar-refractivity contribution >= 4 is 18.8 Å². The first-order chi connectivity index (χ1) is 6.51. The van der Waals surface area contributed by atoms with Gasteiger partial charge in [0, 0.05) is 16.8 Å². The van der Waals surface area contributed by atoms with Gasteiger partial charge in [0.15, 0.2) is 0 Å². The molecule has 0 amide bonds. The molecule has 0 aliphatic carbocycles. The average Bonchev–Trinajstić information content (AvgIpc) is 2.03. The van der Waals surface area contributed by atoms with E-state index in [2.05, 4.69) is 46.9 Å². The molecule has 0 saturated heterocycles. The molecule has 0 heterocycles. The SMILES string of the molecule is C[CH2][Al]([CH2]C)[C](=NC(C)C)NC(C)C. The highest BCUT2D eigenvalue weighted by molar-refractivity contribution is 6.90. The predicted octanol–water partition coefficient (Wildman–Crippen LogP) is 2.87. The first-order valence-electron chi connectivity index (χ1n) is 5.85. The summed E-state index contributed by atoms with van der Waals surface area (Å²) < 4.78 is 1.33. The van der Waals surface area contributed by atoms with Gasteiger partial charge in [0.1, 0.15) is 0 Å². The Morgan fingerprint density at radius 1 is 1.14 bits per heavy atom. The summed E-state index contributed by atoms with van der Waals surface area (Å²) in [6.45, 7) is 13.3. The van der Waals surface area contributed by atoms with Crippen molar-refractivity contribution in [2.75, 3.05) is 0 Å². The van der Waals surface area contributed by atoms with E-state index >= 15 is 0 Å². The Hall–Kier alpha value is 0.00247. The largest absolute Gasteiger partial charge is 0.386 e. The van der Waals surface area contributed by atoms with Crippen LogP contribution in [0.5, 0.6) is 0 Å². The fourth-order valence-electron chi connectivity index (χ4n) is 1.51. The molecule has 0 fully saturated rings. The Morgan fingerprint density at radius 2 is 1.64 bits per heavy atom. The molecule has 3 heteroatoms. The molecule has 0 aromatic carbocycles. The van der Waals surface area contributed by atoms with Crippen molar-refractivity contribution in [2.45, 2.75) is 64.2 Å². The van der Waals surface area contributed by atoms with Crippen LogP contribution in [0.4, 0.5) is 0 Å². The minimum atomic E-state index is -0.780. The van der Waals surface area contributed by atoms with Crippen LogP contribution in [0, 0.1) is 0 Å². The van der Waals surface area contributed by atoms with Crippen LogP contribution >= 0.6 is 0 Å². The summed E-state index contributed by atoms with van der Waals surface area (Å²) >= 11 is -0.780. The lowest BCUT2D eigenvalue weighted by atomic mass is 10.4. The van der Waals surface area contributed by atoms with Crippen LogP contribution in [0.1, 0.15) is 41.5 Å². The Labute approximate surface area is 93.6 Å². The molecule has 0 radical (unpaired) electrons. The Morgan fingerprint density at radius 3 is 1.93 bits per heavy atom. The van der Waals surface area contributed by atoms with Gasteiger partial charge in [-0.25, -0.2) is 0 Å². The highest BCUT2D eigenvalue weighted by Gasteiger charge is 2.20. The van der Waals surface area contributed by atoms with E-state index in [1.54, 1.807) is 0 Å². The minimum Gasteiger partial charge on any atom is -0.386 e. The lowest BCUT2D eigenvalue weighted by Crippen LogP contribution is -2.41. The van der Waals surface area contributed by atoms with Gasteiger partial charge in [-0.15, -0.1) is 0 Å². The molecular weight excluding hydrogens is 187 g/mol. The first-order valence-corrected chi connectivity index (χ1v) is 8.06. The van der Waals surface area contributed by atoms with Crippen LogP contribution in [0.3, 0.4) is 0 Å². The molecule has 0 aliphatic rings. The highest BCUT2D eigenvalue weighted by Crippen LogP contribution is 2.02. The van der Waals surface area contributed by atoms with Gasteiger partial charge in [-0.1, -0.05) is 24.4 Å². The molecule has 0 unspecified atom stereocenters. The number of nitrogens with one attached hydrogen (secondary N) is 1. The zero-order chi connectivity index (χ0) is 11.1. The van der Waals surface area contributed by atoms with Crippen molar-refractivity contribution < 1.29 is 0 Å². The Kier molecular flexibility index (Phi) is 7.32. The standard InChI is InChI=1S/C7H15N2.2C2H5.Al/c1-6(2)8-5-9-7(3)4;2*1-2;/h6-7H,1-4H3,(H,8,9);2*1H2,2H3;. The molecule has 1 N–H and O–H groups in total. The molecule has 0 spiro atoms. The fraction of sp³-hybridized carbons (Fsp3) is 0.909. The van der Waals surface area contributed by atoms with Crippen LogP contribution in [-0.2, 0) is 0 Å². The van der Waals surface area contributed by atoms with Crippen molar-refractivity contribution in [3.05, 3.63) is 0 Å². The number of nitrogens with zero attached hydrogens (tertiary/aromatic N) is 1. The Balaban J connectivity index is 4.52. The second-order valence-corrected chi connectivity index (χ2v) is 7.99. The van der Waals surface area contributed by atoms with Crippen molar-refractivity contribution in [1.29, 1.82) is 0 Å². The van der Waals surface area contributed by atoms with Gasteiger partial charge in [-0.05, 0) is 27.7 Å². The molecule has 0 saturated carbocycles. The minimum absolute atomic E-state index is 0.421. The molecule has 0 bridgehead atoms. The molecule has 0 aliphatic heterocycles. The molecule has 0 aromatic rings. The zero-order valence-corrected chi connectivity index (χ0v) is 11.7. The highest BCUT2D eigenvalue weighted by atomic mass is 27.2. The molecule has 0 aromatic heterocycles. The molecule has 2 nitrogen and oxygen atoms in total. The lowest BCUT2D eigenvalue weighted by Gasteiger charge is -2.18. The fourth-order valence-corrected chi connectivity index (χ4v) is 3.94. The third kappa shape index (κ3) is 5.67. The molecule has 82 valence electrons. The van der Waals surface area contributed by atoms with Crippen LogP contribution in [0.25, 0.3) is 0 Å². The van der Waals surface area contributed by atoms with E-state index in [9.17, 15) is 0 Å². The van der Waals surface area contributed by atoms with Gasteiger partial charge >= 0.3 is 14.1 Å². The van der Waals surface area contributed by atoms with Crippen molar-refractivity contribution in [1.82, 2.24) is 5.32 Å². The van der Waals surface area contributed by atoms with E-state index < -0.39 is 14.1 Å². The number of amidine groups is 1. The van der Waals surface area contributed by atoms with Gasteiger partial charge in [0.05, 0.1) is 0 Å². The van der Waals surface area contributed by atoms with Crippen molar-refractivity contribution in [3.8, 4) is 0 Å². The van der Waals surface area contributed by atoms with Crippen molar-refractivity contribution in [3.63, 3.8) is 0 Å². The lowest BCUT2D eigenvalue weighted by molar-refractivity contribution is 0.724. The molecule has 0 atom stereocenters. The van der Waals surface area contributed by atoms with Gasteiger partial charge in [-0.2, -0.15) is 0 Å². The molecule has 14 heavy (non-hydrogen) atoms. The van der Waals surface area contributed by atoms with E-state index in [-0.39, 0.29) is 0 Å². The summed E-state index contributed by atoms with van der Waals surface area (Å²) in [5, 5.41) is 6.14. The summed E-state index contributed by atoms with van der Waals surface area (Å²) in [7, 11) is 0. The monoisotopic (exact) mass is 212 g/mol. The van der Waals surface area contributed by atoms with Crippen molar-refractivity contribution in [2.24, 2.45) is 4.99 Å². The normalized spacial score (nSPS) is 12.4. The van der Waals surface area contributed by atoms with E-state index in [1.165, 1.54) is 15.3 Å². The van der Waals surface area contributed by atoms with Gasteiger partial charge in [0.25, 0.3) is 0 Å². The summed E-state index contributed by atoms with van der Waals surface area (Å²) in [5.41, 5.74) is 0. The maximum absolute atomic E-state index is 4.73. The third-order valence-electron chi connectivity index (χ3n) is 2.21. The number of hydrogen-bond acceptors (Lipinski definition) is 1. The second kappa shape index (κ2) is 7.31. The summed E-state index contributed by atoms with van der Waals surface area (Å²) in [6, 6.07) is 0.935. The maximum Gasteiger partial charge on any atom is 0.362 e. The van der Waals surface area contributed by atoms with Gasteiger partial charge < -0.3 is 5.32 Å². The molecule has 0 rings (SSSR count). The van der Waals surface area contributed by atoms with Crippen LogP contribution in [0.2, 0.25) is 10.6 Å². The van der Waals surface area contributed by atoms with E-state index in [4.69, 9.17) is 4.99 Å². The second-order valence-electron chi connectivity index (χ2n) is 4.42. The number of hydrogen-bond donors (Lipinski definition) is 1. The van der Waals surface area contributed by atoms with E-state index in [1.807, 2.05) is 0 Å². The van der Waals surface area contributed by atoms with Gasteiger partial charge in [0.2, 0.25) is 0 Å². The summed E-state index contributed by atoms with van der Waals surface area (Å²) in [4.78, 5) is 4.73. The predicted molar refractivity (Wildman–Crippen MR) is 67.6 cm³/mol. The smallest absolute Gasteiger partial charge is 0.362 e. The topological polar surface area (TPSA) is 24.4 Å². The molecular formula is C11H25AlN2. The number of rotatable bonds is 5. The average molecular weight is 212 g/mol. The third-order valence-corrected chi connectivity index (χ3v) is 5.27. The summed E-state index contributed by atoms with van der Waals surface area (Å²) in [5.74, 6) is 0. The Bertz CT molecular complexity index is 172. The quantitative estimate of drug-likeness (QED) is 0.423. The van der Waals surface area contributed by atoms with E-state index in [0.29, 0.717) is 12.1 Å². The zero-order valence-electron chi connectivity index (χ0n) is 10.6.